The minimum atomic E-state index is -0.193. The van der Waals surface area contributed by atoms with Gasteiger partial charge in [0.25, 0.3) is 0 Å². The van der Waals surface area contributed by atoms with E-state index in [-0.39, 0.29) is 5.97 Å². The number of carbonyl (C=O) groups is 1. The molecular weight excluding hydrogens is 260 g/mol. The van der Waals surface area contributed by atoms with E-state index in [0.29, 0.717) is 5.76 Å². The molecule has 0 aromatic heterocycles. The van der Waals surface area contributed by atoms with Crippen LogP contribution in [0, 0.1) is 0 Å². The third-order valence-corrected chi connectivity index (χ3v) is 4.03. The molecule has 2 aliphatic rings. The maximum atomic E-state index is 12.1. The molecule has 0 radical (unpaired) electrons. The Labute approximate surface area is 123 Å². The Morgan fingerprint density at radius 2 is 1.67 bits per heavy atom. The molecule has 2 heteroatoms. The van der Waals surface area contributed by atoms with Crippen LogP contribution in [-0.4, -0.2) is 5.97 Å². The highest BCUT2D eigenvalue weighted by atomic mass is 16.5. The van der Waals surface area contributed by atoms with Gasteiger partial charge in [0.1, 0.15) is 5.76 Å². The molecular formula is C19H14O2. The molecule has 0 amide bonds. The number of aryl methyl sites for hydroxylation is 1. The van der Waals surface area contributed by atoms with Gasteiger partial charge in [0.2, 0.25) is 0 Å². The van der Waals surface area contributed by atoms with E-state index in [9.17, 15) is 4.79 Å². The molecule has 0 bridgehead atoms. The molecule has 0 saturated carbocycles. The lowest BCUT2D eigenvalue weighted by Gasteiger charge is -2.16. The Morgan fingerprint density at radius 1 is 0.905 bits per heavy atom. The molecule has 0 unspecified atom stereocenters. The molecule has 0 N–H and O–H groups in total. The van der Waals surface area contributed by atoms with Gasteiger partial charge in [0.15, 0.2) is 0 Å². The monoisotopic (exact) mass is 274 g/mol. The summed E-state index contributed by atoms with van der Waals surface area (Å²) in [6.07, 6.45) is 3.61. The van der Waals surface area contributed by atoms with E-state index >= 15 is 0 Å². The first-order valence-electron chi connectivity index (χ1n) is 7.13. The van der Waals surface area contributed by atoms with E-state index in [0.717, 1.165) is 35.1 Å². The highest BCUT2D eigenvalue weighted by Crippen LogP contribution is 2.42. The lowest BCUT2D eigenvalue weighted by molar-refractivity contribution is -0.133. The zero-order valence-corrected chi connectivity index (χ0v) is 11.5. The predicted molar refractivity (Wildman–Crippen MR) is 82.2 cm³/mol. The van der Waals surface area contributed by atoms with Crippen molar-refractivity contribution >= 4 is 17.6 Å². The van der Waals surface area contributed by atoms with Crippen molar-refractivity contribution in [2.75, 3.05) is 0 Å². The van der Waals surface area contributed by atoms with Crippen LogP contribution in [0.4, 0.5) is 0 Å². The Bertz CT molecular complexity index is 782. The summed E-state index contributed by atoms with van der Waals surface area (Å²) >= 11 is 0. The number of cyclic esters (lactones) is 1. The maximum absolute atomic E-state index is 12.1. The van der Waals surface area contributed by atoms with Gasteiger partial charge >= 0.3 is 5.97 Å². The molecule has 1 aliphatic carbocycles. The van der Waals surface area contributed by atoms with Crippen molar-refractivity contribution in [2.24, 2.45) is 0 Å². The van der Waals surface area contributed by atoms with Crippen LogP contribution in [0.3, 0.4) is 0 Å². The molecule has 2 aromatic rings. The fourth-order valence-electron chi connectivity index (χ4n) is 3.03. The Hall–Kier alpha value is -2.61. The molecule has 21 heavy (non-hydrogen) atoms. The van der Waals surface area contributed by atoms with Crippen LogP contribution in [-0.2, 0) is 16.0 Å². The van der Waals surface area contributed by atoms with Crippen LogP contribution in [0.15, 0.2) is 65.9 Å². The Morgan fingerprint density at radius 3 is 2.52 bits per heavy atom. The van der Waals surface area contributed by atoms with Crippen LogP contribution in [0.5, 0.6) is 0 Å². The third kappa shape index (κ3) is 2.00. The molecule has 0 spiro atoms. The first kappa shape index (κ1) is 12.2. The Balaban J connectivity index is 1.87. The SMILES string of the molecule is O=C1O/C(=C\c2ccccc2)C2=C1CCc1ccccc12. The van der Waals surface area contributed by atoms with Gasteiger partial charge in [-0.25, -0.2) is 4.79 Å². The number of esters is 1. The summed E-state index contributed by atoms with van der Waals surface area (Å²) in [6.45, 7) is 0. The lowest BCUT2D eigenvalue weighted by atomic mass is 9.85. The molecule has 2 nitrogen and oxygen atoms in total. The molecule has 1 aliphatic heterocycles. The molecule has 0 atom stereocenters. The summed E-state index contributed by atoms with van der Waals surface area (Å²) in [5, 5.41) is 0. The maximum Gasteiger partial charge on any atom is 0.340 e. The van der Waals surface area contributed by atoms with Gasteiger partial charge in [-0.15, -0.1) is 0 Å². The van der Waals surface area contributed by atoms with E-state index in [2.05, 4.69) is 12.1 Å². The van der Waals surface area contributed by atoms with Crippen molar-refractivity contribution in [1.82, 2.24) is 0 Å². The fraction of sp³-hybridized carbons (Fsp3) is 0.105. The van der Waals surface area contributed by atoms with E-state index in [1.54, 1.807) is 0 Å². The molecule has 2 aromatic carbocycles. The van der Waals surface area contributed by atoms with Gasteiger partial charge in [-0.3, -0.25) is 0 Å². The van der Waals surface area contributed by atoms with Crippen molar-refractivity contribution in [3.8, 4) is 0 Å². The molecule has 1 heterocycles. The summed E-state index contributed by atoms with van der Waals surface area (Å²) < 4.78 is 5.52. The fourth-order valence-corrected chi connectivity index (χ4v) is 3.03. The lowest BCUT2D eigenvalue weighted by Crippen LogP contribution is -2.05. The number of hydrogen-bond donors (Lipinski definition) is 0. The first-order valence-corrected chi connectivity index (χ1v) is 7.13. The largest absolute Gasteiger partial charge is 0.422 e. The van der Waals surface area contributed by atoms with Crippen molar-refractivity contribution < 1.29 is 9.53 Å². The standard InChI is InChI=1S/C19H14O2/c20-19-16-11-10-14-8-4-5-9-15(14)18(16)17(21-19)12-13-6-2-1-3-7-13/h1-9,12H,10-11H2/b17-12-. The number of carbonyl (C=O) groups excluding carboxylic acids is 1. The predicted octanol–water partition coefficient (Wildman–Crippen LogP) is 3.98. The normalized spacial score (nSPS) is 18.5. The number of hydrogen-bond acceptors (Lipinski definition) is 2. The smallest absolute Gasteiger partial charge is 0.340 e. The second-order valence-electron chi connectivity index (χ2n) is 5.32. The van der Waals surface area contributed by atoms with Crippen LogP contribution < -0.4 is 0 Å². The summed E-state index contributed by atoms with van der Waals surface area (Å²) in [4.78, 5) is 12.1. The van der Waals surface area contributed by atoms with Crippen LogP contribution in [0.25, 0.3) is 11.6 Å². The molecule has 4 rings (SSSR count). The van der Waals surface area contributed by atoms with Crippen LogP contribution in [0.2, 0.25) is 0 Å². The molecule has 0 fully saturated rings. The minimum Gasteiger partial charge on any atom is -0.422 e. The van der Waals surface area contributed by atoms with Gasteiger partial charge < -0.3 is 4.74 Å². The van der Waals surface area contributed by atoms with Crippen molar-refractivity contribution in [3.05, 3.63) is 82.6 Å². The molecule has 0 saturated heterocycles. The minimum absolute atomic E-state index is 0.193. The number of rotatable bonds is 1. The van der Waals surface area contributed by atoms with E-state index in [4.69, 9.17) is 4.74 Å². The zero-order chi connectivity index (χ0) is 14.2. The number of fused-ring (bicyclic) bond motifs is 2. The van der Waals surface area contributed by atoms with Gasteiger partial charge in [-0.1, -0.05) is 54.6 Å². The van der Waals surface area contributed by atoms with Gasteiger partial charge in [0.05, 0.1) is 0 Å². The first-order chi connectivity index (χ1) is 10.3. The number of ether oxygens (including phenoxy) is 1. The highest BCUT2D eigenvalue weighted by molar-refractivity contribution is 6.09. The third-order valence-electron chi connectivity index (χ3n) is 4.03. The van der Waals surface area contributed by atoms with Crippen molar-refractivity contribution in [1.29, 1.82) is 0 Å². The van der Waals surface area contributed by atoms with Crippen LogP contribution in [0.1, 0.15) is 23.1 Å². The average molecular weight is 274 g/mol. The summed E-state index contributed by atoms with van der Waals surface area (Å²) in [5.74, 6) is 0.482. The number of benzene rings is 2. The zero-order valence-electron chi connectivity index (χ0n) is 11.5. The van der Waals surface area contributed by atoms with Crippen molar-refractivity contribution in [3.63, 3.8) is 0 Å². The van der Waals surface area contributed by atoms with Gasteiger partial charge in [-0.05, 0) is 35.6 Å². The second-order valence-corrected chi connectivity index (χ2v) is 5.32. The second kappa shape index (κ2) is 4.74. The summed E-state index contributed by atoms with van der Waals surface area (Å²) in [6, 6.07) is 18.2. The summed E-state index contributed by atoms with van der Waals surface area (Å²) in [5.41, 5.74) is 5.25. The number of allylic oxidation sites excluding steroid dienone is 1. The van der Waals surface area contributed by atoms with Gasteiger partial charge in [-0.2, -0.15) is 0 Å². The van der Waals surface area contributed by atoms with Crippen molar-refractivity contribution in [2.45, 2.75) is 12.8 Å². The van der Waals surface area contributed by atoms with E-state index < -0.39 is 0 Å². The van der Waals surface area contributed by atoms with Gasteiger partial charge in [0, 0.05) is 11.1 Å². The average Bonchev–Trinajstić information content (AvgIpc) is 2.85. The molecule has 102 valence electrons. The van der Waals surface area contributed by atoms with E-state index in [1.165, 1.54) is 5.56 Å². The Kier molecular flexibility index (Phi) is 2.74. The van der Waals surface area contributed by atoms with Crippen LogP contribution >= 0.6 is 0 Å². The summed E-state index contributed by atoms with van der Waals surface area (Å²) in [7, 11) is 0. The highest BCUT2D eigenvalue weighted by Gasteiger charge is 2.34. The van der Waals surface area contributed by atoms with E-state index in [1.807, 2.05) is 48.5 Å². The topological polar surface area (TPSA) is 26.3 Å². The quantitative estimate of drug-likeness (QED) is 0.735.